The maximum atomic E-state index is 13.2. The van der Waals surface area contributed by atoms with Gasteiger partial charge < -0.3 is 5.73 Å². The maximum Gasteiger partial charge on any atom is 0.125 e. The summed E-state index contributed by atoms with van der Waals surface area (Å²) in [6, 6.07) is 6.87. The summed E-state index contributed by atoms with van der Waals surface area (Å²) in [5.74, 6) is 0.485. The third-order valence-electron chi connectivity index (χ3n) is 3.26. The number of nitrogen functional groups attached to an aromatic ring is 1. The van der Waals surface area contributed by atoms with Gasteiger partial charge in [-0.1, -0.05) is 13.0 Å². The second-order valence-corrected chi connectivity index (χ2v) is 5.57. The van der Waals surface area contributed by atoms with Crippen LogP contribution in [0.3, 0.4) is 0 Å². The summed E-state index contributed by atoms with van der Waals surface area (Å²) in [6.07, 6.45) is 0.831. The van der Waals surface area contributed by atoms with Crippen molar-refractivity contribution in [2.75, 3.05) is 5.73 Å². The Bertz CT molecular complexity index is 757. The van der Waals surface area contributed by atoms with E-state index in [4.69, 9.17) is 5.73 Å². The van der Waals surface area contributed by atoms with Crippen LogP contribution in [0.25, 0.3) is 20.7 Å². The van der Waals surface area contributed by atoms with Crippen molar-refractivity contribution < 1.29 is 4.39 Å². The minimum atomic E-state index is -0.211. The Morgan fingerprint density at radius 1 is 1.37 bits per heavy atom. The first-order valence-corrected chi connectivity index (χ1v) is 6.92. The molecule has 3 aromatic rings. The number of nitrogens with zero attached hydrogens (tertiary/aromatic N) is 2. The Labute approximate surface area is 114 Å². The van der Waals surface area contributed by atoms with Crippen LogP contribution < -0.4 is 5.73 Å². The molecule has 0 aliphatic rings. The molecule has 19 heavy (non-hydrogen) atoms. The number of thiophene rings is 1. The van der Waals surface area contributed by atoms with Gasteiger partial charge in [0.1, 0.15) is 17.3 Å². The fraction of sp³-hybridized carbons (Fsp3) is 0.214. The Morgan fingerprint density at radius 3 is 2.89 bits per heavy atom. The van der Waals surface area contributed by atoms with Gasteiger partial charge in [-0.15, -0.1) is 11.3 Å². The normalized spacial score (nSPS) is 11.3. The number of benzene rings is 1. The first-order chi connectivity index (χ1) is 9.10. The fourth-order valence-electron chi connectivity index (χ4n) is 2.25. The molecule has 2 N–H and O–H groups in total. The van der Waals surface area contributed by atoms with E-state index in [-0.39, 0.29) is 5.82 Å². The Kier molecular flexibility index (Phi) is 2.78. The molecule has 98 valence electrons. The zero-order valence-electron chi connectivity index (χ0n) is 10.8. The minimum Gasteiger partial charge on any atom is -0.384 e. The summed E-state index contributed by atoms with van der Waals surface area (Å²) in [5.41, 5.74) is 7.97. The van der Waals surface area contributed by atoms with E-state index in [9.17, 15) is 4.39 Å². The largest absolute Gasteiger partial charge is 0.384 e. The second kappa shape index (κ2) is 4.35. The number of halogens is 1. The van der Waals surface area contributed by atoms with Crippen LogP contribution in [0.2, 0.25) is 0 Å². The summed E-state index contributed by atoms with van der Waals surface area (Å²) < 4.78 is 15.9. The molecule has 0 spiro atoms. The summed E-state index contributed by atoms with van der Waals surface area (Å²) >= 11 is 1.54. The van der Waals surface area contributed by atoms with E-state index < -0.39 is 0 Å². The van der Waals surface area contributed by atoms with E-state index in [1.54, 1.807) is 28.2 Å². The average Bonchev–Trinajstić information content (AvgIpc) is 2.91. The molecule has 0 bridgehead atoms. The molecule has 0 saturated heterocycles. The number of anilines is 1. The molecule has 1 aromatic carbocycles. The highest BCUT2D eigenvalue weighted by molar-refractivity contribution is 7.22. The van der Waals surface area contributed by atoms with Crippen molar-refractivity contribution in [3.8, 4) is 10.6 Å². The molecule has 0 saturated carbocycles. The van der Waals surface area contributed by atoms with Crippen LogP contribution in [-0.4, -0.2) is 9.78 Å². The highest BCUT2D eigenvalue weighted by Gasteiger charge is 2.16. The molecule has 0 amide bonds. The molecule has 0 unspecified atom stereocenters. The van der Waals surface area contributed by atoms with Crippen molar-refractivity contribution in [3.05, 3.63) is 35.6 Å². The van der Waals surface area contributed by atoms with Crippen LogP contribution in [-0.2, 0) is 13.5 Å². The lowest BCUT2D eigenvalue weighted by Gasteiger charge is -1.96. The maximum absolute atomic E-state index is 13.2. The quantitative estimate of drug-likeness (QED) is 0.776. The molecule has 3 rings (SSSR count). The van der Waals surface area contributed by atoms with E-state index in [0.717, 1.165) is 32.6 Å². The zero-order valence-corrected chi connectivity index (χ0v) is 11.6. The van der Waals surface area contributed by atoms with Crippen molar-refractivity contribution in [1.82, 2.24) is 9.78 Å². The van der Waals surface area contributed by atoms with Gasteiger partial charge in [0.25, 0.3) is 0 Å². The highest BCUT2D eigenvalue weighted by Crippen LogP contribution is 2.36. The Hall–Kier alpha value is -1.88. The van der Waals surface area contributed by atoms with E-state index in [0.29, 0.717) is 5.82 Å². The number of rotatable bonds is 2. The monoisotopic (exact) mass is 275 g/mol. The first kappa shape index (κ1) is 12.2. The molecule has 2 heterocycles. The van der Waals surface area contributed by atoms with Gasteiger partial charge >= 0.3 is 0 Å². The Morgan fingerprint density at radius 2 is 2.16 bits per heavy atom. The van der Waals surface area contributed by atoms with Crippen LogP contribution in [0.1, 0.15) is 12.5 Å². The number of aryl methyl sites for hydroxylation is 1. The van der Waals surface area contributed by atoms with E-state index in [1.165, 1.54) is 6.07 Å². The van der Waals surface area contributed by atoms with Gasteiger partial charge in [-0.2, -0.15) is 5.10 Å². The van der Waals surface area contributed by atoms with E-state index in [1.807, 2.05) is 13.1 Å². The first-order valence-electron chi connectivity index (χ1n) is 6.11. The molecule has 0 aliphatic carbocycles. The molecular formula is C14H14FN3S. The summed E-state index contributed by atoms with van der Waals surface area (Å²) in [4.78, 5) is 1.03. The third kappa shape index (κ3) is 1.90. The number of hydrogen-bond donors (Lipinski definition) is 1. The van der Waals surface area contributed by atoms with Crippen LogP contribution in [0.15, 0.2) is 24.3 Å². The predicted octanol–water partition coefficient (Wildman–Crippen LogP) is 3.59. The third-order valence-corrected chi connectivity index (χ3v) is 4.37. The molecule has 0 atom stereocenters. The lowest BCUT2D eigenvalue weighted by atomic mass is 10.1. The van der Waals surface area contributed by atoms with Crippen LogP contribution in [0, 0.1) is 5.82 Å². The van der Waals surface area contributed by atoms with Gasteiger partial charge in [-0.25, -0.2) is 4.39 Å². The molecule has 3 nitrogen and oxygen atoms in total. The van der Waals surface area contributed by atoms with Crippen LogP contribution in [0.5, 0.6) is 0 Å². The number of aromatic nitrogens is 2. The number of nitrogens with two attached hydrogens (primary N) is 1. The van der Waals surface area contributed by atoms with Crippen LogP contribution in [0.4, 0.5) is 10.2 Å². The summed E-state index contributed by atoms with van der Waals surface area (Å²) in [5, 5.41) is 5.51. The van der Waals surface area contributed by atoms with Gasteiger partial charge in [-0.3, -0.25) is 4.68 Å². The summed E-state index contributed by atoms with van der Waals surface area (Å²) in [7, 11) is 1.84. The average molecular weight is 275 g/mol. The highest BCUT2D eigenvalue weighted by atomic mass is 32.1. The molecule has 0 fully saturated rings. The van der Waals surface area contributed by atoms with Gasteiger partial charge in [0.15, 0.2) is 0 Å². The van der Waals surface area contributed by atoms with E-state index in [2.05, 4.69) is 12.0 Å². The predicted molar refractivity (Wildman–Crippen MR) is 77.8 cm³/mol. The van der Waals surface area contributed by atoms with E-state index >= 15 is 0 Å². The SMILES string of the molecule is CCc1c(-c2cc3ccc(F)cc3s2)nn(C)c1N. The van der Waals surface area contributed by atoms with Gasteiger partial charge in [0.05, 0.1) is 4.88 Å². The molecule has 5 heteroatoms. The second-order valence-electron chi connectivity index (χ2n) is 4.48. The molecule has 2 aromatic heterocycles. The number of hydrogen-bond acceptors (Lipinski definition) is 3. The standard InChI is InChI=1S/C14H14FN3S/c1-3-10-13(17-18(2)14(10)16)12-6-8-4-5-9(15)7-11(8)19-12/h4-7H,3,16H2,1-2H3. The molecule has 0 radical (unpaired) electrons. The van der Waals surface area contributed by atoms with Gasteiger partial charge in [0, 0.05) is 17.3 Å². The Balaban J connectivity index is 2.21. The fourth-order valence-corrected chi connectivity index (χ4v) is 3.35. The lowest BCUT2D eigenvalue weighted by Crippen LogP contribution is -1.98. The number of fused-ring (bicyclic) bond motifs is 1. The van der Waals surface area contributed by atoms with Crippen molar-refractivity contribution in [2.24, 2.45) is 7.05 Å². The minimum absolute atomic E-state index is 0.211. The smallest absolute Gasteiger partial charge is 0.125 e. The molecular weight excluding hydrogens is 261 g/mol. The summed E-state index contributed by atoms with van der Waals surface area (Å²) in [6.45, 7) is 2.06. The van der Waals surface area contributed by atoms with Crippen molar-refractivity contribution in [3.63, 3.8) is 0 Å². The zero-order chi connectivity index (χ0) is 13.6. The van der Waals surface area contributed by atoms with Crippen molar-refractivity contribution in [1.29, 1.82) is 0 Å². The molecule has 0 aliphatic heterocycles. The van der Waals surface area contributed by atoms with Crippen LogP contribution >= 0.6 is 11.3 Å². The van der Waals surface area contributed by atoms with Gasteiger partial charge in [0.2, 0.25) is 0 Å². The lowest BCUT2D eigenvalue weighted by molar-refractivity contribution is 0.630. The van der Waals surface area contributed by atoms with Gasteiger partial charge in [-0.05, 0) is 30.0 Å². The van der Waals surface area contributed by atoms with Crippen molar-refractivity contribution in [2.45, 2.75) is 13.3 Å². The topological polar surface area (TPSA) is 43.8 Å². The van der Waals surface area contributed by atoms with Crippen molar-refractivity contribution >= 4 is 27.2 Å².